The predicted molar refractivity (Wildman–Crippen MR) is 221 cm³/mol. The van der Waals surface area contributed by atoms with Crippen molar-refractivity contribution >= 4 is 17.0 Å². The van der Waals surface area contributed by atoms with E-state index in [4.69, 9.17) is 34.2 Å². The molecular weight excluding hydrogens is 749 g/mol. The zero-order valence-corrected chi connectivity index (χ0v) is 32.7. The van der Waals surface area contributed by atoms with Crippen LogP contribution in [0.4, 0.5) is 5.82 Å². The monoisotopic (exact) mass is 794 g/mol. The Labute approximate surface area is 342 Å². The fraction of sp³-hybridized carbons (Fsp3) is 0.239. The number of rotatable bonds is 17. The average molecular weight is 795 g/mol. The minimum absolute atomic E-state index is 0.0390. The molecule has 1 aliphatic rings. The Balaban J connectivity index is 1.14. The van der Waals surface area contributed by atoms with Crippen LogP contribution in [0.25, 0.3) is 11.2 Å². The third kappa shape index (κ3) is 9.11. The molecule has 0 aliphatic carbocycles. The predicted octanol–water partition coefficient (Wildman–Crippen LogP) is 6.76. The number of nitrogen functional groups attached to an aromatic ring is 1. The highest BCUT2D eigenvalue weighted by atomic mass is 16.9. The van der Waals surface area contributed by atoms with Crippen LogP contribution in [-0.4, -0.2) is 70.2 Å². The first-order valence-electron chi connectivity index (χ1n) is 19.3. The largest absolute Gasteiger partial charge is 0.497 e. The van der Waals surface area contributed by atoms with Crippen molar-refractivity contribution in [2.75, 3.05) is 26.6 Å². The molecule has 13 heteroatoms. The van der Waals surface area contributed by atoms with Gasteiger partial charge in [0.25, 0.3) is 6.48 Å². The Morgan fingerprint density at radius 2 is 1.22 bits per heavy atom. The molecule has 302 valence electrons. The Kier molecular flexibility index (Phi) is 12.5. The number of hydrogen-bond donors (Lipinski definition) is 3. The van der Waals surface area contributed by atoms with Crippen molar-refractivity contribution in [2.24, 2.45) is 0 Å². The second-order valence-corrected chi connectivity index (χ2v) is 14.1. The van der Waals surface area contributed by atoms with Gasteiger partial charge < -0.3 is 44.6 Å². The molecular formula is C46H46N6O7. The van der Waals surface area contributed by atoms with Gasteiger partial charge in [-0.3, -0.25) is 4.57 Å². The van der Waals surface area contributed by atoms with Crippen LogP contribution in [-0.2, 0) is 25.5 Å². The summed E-state index contributed by atoms with van der Waals surface area (Å²) in [5.74, 6) is 1.66. The van der Waals surface area contributed by atoms with Gasteiger partial charge in [0.1, 0.15) is 47.8 Å². The molecule has 0 spiro atoms. The maximum Gasteiger partial charge on any atom is 0.273 e. The molecule has 2 aromatic heterocycles. The van der Waals surface area contributed by atoms with E-state index in [1.165, 1.54) is 6.33 Å². The molecule has 7 aromatic rings. The molecule has 1 aliphatic heterocycles. The first-order chi connectivity index (χ1) is 29.0. The van der Waals surface area contributed by atoms with Gasteiger partial charge in [0.05, 0.1) is 33.2 Å². The lowest BCUT2D eigenvalue weighted by molar-refractivity contribution is -0.319. The highest BCUT2D eigenvalue weighted by Crippen LogP contribution is 2.36. The number of nitrogens with one attached hydrogen (secondary N) is 1. The first-order valence-corrected chi connectivity index (χ1v) is 19.3. The normalized spacial score (nSPS) is 19.3. The smallest absolute Gasteiger partial charge is 0.273 e. The van der Waals surface area contributed by atoms with Gasteiger partial charge in [-0.1, -0.05) is 115 Å². The van der Waals surface area contributed by atoms with Crippen molar-refractivity contribution in [2.45, 2.75) is 49.7 Å². The van der Waals surface area contributed by atoms with Gasteiger partial charge in [0, 0.05) is 6.54 Å². The van der Waals surface area contributed by atoms with Crippen LogP contribution in [0.15, 0.2) is 152 Å². The molecule has 3 heterocycles. The Bertz CT molecular complexity index is 2280. The number of ether oxygens (including phenoxy) is 6. The van der Waals surface area contributed by atoms with Gasteiger partial charge in [-0.15, -0.1) is 0 Å². The van der Waals surface area contributed by atoms with Crippen LogP contribution in [0.2, 0.25) is 0 Å². The van der Waals surface area contributed by atoms with E-state index in [1.807, 2.05) is 140 Å². The quantitative estimate of drug-likeness (QED) is 0.0835. The van der Waals surface area contributed by atoms with E-state index in [1.54, 1.807) is 25.1 Å². The topological polar surface area (TPSA) is 157 Å². The summed E-state index contributed by atoms with van der Waals surface area (Å²) in [5.41, 5.74) is 11.5. The third-order valence-electron chi connectivity index (χ3n) is 10.4. The molecule has 0 radical (unpaired) electrons. The van der Waals surface area contributed by atoms with E-state index in [2.05, 4.69) is 20.3 Å². The van der Waals surface area contributed by atoms with Crippen molar-refractivity contribution in [3.05, 3.63) is 180 Å². The second-order valence-electron chi connectivity index (χ2n) is 14.1. The molecule has 8 rings (SSSR count). The SMILES string of the molecule is COc1ccc(C(OC(OC[C@H]2O[C@@H](n3cnc4c(N)ncnc43)[C@H](O)[C@@H]2NCc2ccccc2)OC(c2ccccc2)c2ccc(OC)cc2)c2ccccc2)cc1. The lowest BCUT2D eigenvalue weighted by atomic mass is 10.0. The molecule has 2 unspecified atom stereocenters. The third-order valence-corrected chi connectivity index (χ3v) is 10.4. The van der Waals surface area contributed by atoms with Crippen LogP contribution < -0.4 is 20.5 Å². The number of anilines is 1. The van der Waals surface area contributed by atoms with E-state index in [0.29, 0.717) is 29.2 Å². The van der Waals surface area contributed by atoms with Crippen molar-refractivity contribution < 1.29 is 33.5 Å². The summed E-state index contributed by atoms with van der Waals surface area (Å²) in [4.78, 5) is 12.9. The molecule has 0 bridgehead atoms. The number of nitrogens with two attached hydrogens (primary N) is 1. The molecule has 0 amide bonds. The van der Waals surface area contributed by atoms with Gasteiger partial charge in [-0.25, -0.2) is 15.0 Å². The molecule has 6 atom stereocenters. The van der Waals surface area contributed by atoms with Crippen molar-refractivity contribution in [1.82, 2.24) is 24.8 Å². The molecule has 1 fully saturated rings. The fourth-order valence-corrected chi connectivity index (χ4v) is 7.27. The lowest BCUT2D eigenvalue weighted by Gasteiger charge is -2.31. The minimum Gasteiger partial charge on any atom is -0.497 e. The highest BCUT2D eigenvalue weighted by molar-refractivity contribution is 5.81. The lowest BCUT2D eigenvalue weighted by Crippen LogP contribution is -2.46. The first kappa shape index (κ1) is 39.6. The second kappa shape index (κ2) is 18.6. The van der Waals surface area contributed by atoms with Gasteiger partial charge >= 0.3 is 0 Å². The van der Waals surface area contributed by atoms with E-state index >= 15 is 0 Å². The molecule has 13 nitrogen and oxygen atoms in total. The standard InChI is InChI=1S/C46H46N6O7/c1-54-35-22-18-33(19-23-35)41(31-14-8-4-9-15-31)58-46(59-42(32-16-10-5-11-17-32)34-20-24-36(55-2)25-21-34)56-27-37-38(48-26-30-12-6-3-7-13-30)40(53)45(57-37)52-29-51-39-43(47)49-28-50-44(39)52/h3-25,28-29,37-38,40-42,45-46,48,53H,26-27H2,1-2H3,(H2,47,49,50)/t37-,38-,40-,41?,42?,45-,46?/m1/s1. The van der Waals surface area contributed by atoms with Gasteiger partial charge in [-0.2, -0.15) is 0 Å². The summed E-state index contributed by atoms with van der Waals surface area (Å²) >= 11 is 0. The van der Waals surface area contributed by atoms with Gasteiger partial charge in [-0.05, 0) is 52.1 Å². The molecule has 1 saturated heterocycles. The summed E-state index contributed by atoms with van der Waals surface area (Å²) in [6.07, 6.45) is -0.946. The molecule has 5 aromatic carbocycles. The number of aliphatic hydroxyl groups excluding tert-OH is 1. The van der Waals surface area contributed by atoms with Crippen LogP contribution in [0.5, 0.6) is 11.5 Å². The summed E-state index contributed by atoms with van der Waals surface area (Å²) in [6, 6.07) is 44.5. The zero-order valence-electron chi connectivity index (χ0n) is 32.7. The summed E-state index contributed by atoms with van der Waals surface area (Å²) < 4.78 is 39.9. The van der Waals surface area contributed by atoms with Crippen molar-refractivity contribution in [3.8, 4) is 11.5 Å². The maximum atomic E-state index is 12.0. The Morgan fingerprint density at radius 3 is 1.76 bits per heavy atom. The minimum atomic E-state index is -1.26. The Hall–Kier alpha value is -6.19. The summed E-state index contributed by atoms with van der Waals surface area (Å²) in [7, 11) is 3.27. The van der Waals surface area contributed by atoms with E-state index < -0.39 is 43.2 Å². The number of aliphatic hydroxyl groups is 1. The highest BCUT2D eigenvalue weighted by Gasteiger charge is 2.46. The van der Waals surface area contributed by atoms with Crippen molar-refractivity contribution in [1.29, 1.82) is 0 Å². The van der Waals surface area contributed by atoms with E-state index in [0.717, 1.165) is 27.8 Å². The zero-order chi connectivity index (χ0) is 40.6. The number of nitrogens with zero attached hydrogens (tertiary/aromatic N) is 4. The van der Waals surface area contributed by atoms with E-state index in [-0.39, 0.29) is 12.4 Å². The Morgan fingerprint density at radius 1 is 0.695 bits per heavy atom. The molecule has 0 saturated carbocycles. The van der Waals surface area contributed by atoms with Gasteiger partial charge in [0.2, 0.25) is 0 Å². The molecule has 59 heavy (non-hydrogen) atoms. The van der Waals surface area contributed by atoms with Crippen LogP contribution in [0, 0.1) is 0 Å². The number of hydrogen-bond acceptors (Lipinski definition) is 12. The summed E-state index contributed by atoms with van der Waals surface area (Å²) in [5, 5.41) is 15.5. The van der Waals surface area contributed by atoms with Crippen LogP contribution in [0.3, 0.4) is 0 Å². The summed E-state index contributed by atoms with van der Waals surface area (Å²) in [6.45, 7) is -0.833. The maximum absolute atomic E-state index is 12.0. The fourth-order valence-electron chi connectivity index (χ4n) is 7.27. The average Bonchev–Trinajstić information content (AvgIpc) is 3.87. The van der Waals surface area contributed by atoms with E-state index in [9.17, 15) is 5.11 Å². The number of fused-ring (bicyclic) bond motifs is 1. The number of aromatic nitrogens is 4. The van der Waals surface area contributed by atoms with Crippen LogP contribution in [0.1, 0.15) is 46.3 Å². The van der Waals surface area contributed by atoms with Gasteiger partial charge in [0.15, 0.2) is 17.7 Å². The van der Waals surface area contributed by atoms with Crippen molar-refractivity contribution in [3.63, 3.8) is 0 Å². The molecule has 4 N–H and O–H groups in total. The number of imidazole rings is 1. The number of methoxy groups -OCH3 is 2. The van der Waals surface area contributed by atoms with Crippen LogP contribution >= 0.6 is 0 Å². The number of benzene rings is 5.